The van der Waals surface area contributed by atoms with E-state index in [1.165, 1.54) is 0 Å². The van der Waals surface area contributed by atoms with E-state index in [2.05, 4.69) is 20.8 Å². The predicted molar refractivity (Wildman–Crippen MR) is 71.3 cm³/mol. The summed E-state index contributed by atoms with van der Waals surface area (Å²) in [7, 11) is 0. The van der Waals surface area contributed by atoms with Gasteiger partial charge in [-0.3, -0.25) is 0 Å². The van der Waals surface area contributed by atoms with Gasteiger partial charge in [0.05, 0.1) is 12.2 Å². The summed E-state index contributed by atoms with van der Waals surface area (Å²) >= 11 is 0. The van der Waals surface area contributed by atoms with Gasteiger partial charge in [0.15, 0.2) is 0 Å². The van der Waals surface area contributed by atoms with E-state index >= 15 is 0 Å². The summed E-state index contributed by atoms with van der Waals surface area (Å²) in [6, 6.07) is 6.92. The molecule has 0 aliphatic rings. The largest absolute Gasteiger partial charge is 0.459 e. The molecule has 3 heteroatoms. The number of benzene rings is 1. The lowest BCUT2D eigenvalue weighted by Gasteiger charge is -2.20. The van der Waals surface area contributed by atoms with E-state index in [1.807, 2.05) is 0 Å². The molecule has 0 amide bonds. The van der Waals surface area contributed by atoms with Crippen LogP contribution in [0, 0.1) is 5.92 Å². The van der Waals surface area contributed by atoms with E-state index < -0.39 is 0 Å². The van der Waals surface area contributed by atoms with Gasteiger partial charge in [0.2, 0.25) is 0 Å². The van der Waals surface area contributed by atoms with Crippen LogP contribution in [-0.4, -0.2) is 17.2 Å². The van der Waals surface area contributed by atoms with Crippen LogP contribution in [0.4, 0.5) is 0 Å². The van der Waals surface area contributed by atoms with Crippen LogP contribution in [0.3, 0.4) is 0 Å². The number of ether oxygens (including phenoxy) is 1. The van der Waals surface area contributed by atoms with E-state index in [1.54, 1.807) is 24.3 Å². The first-order valence-electron chi connectivity index (χ1n) is 6.49. The maximum Gasteiger partial charge on any atom is 0.338 e. The molecule has 3 nitrogen and oxygen atoms in total. The molecule has 0 aromatic heterocycles. The molecule has 1 aromatic carbocycles. The van der Waals surface area contributed by atoms with Crippen LogP contribution in [0.2, 0.25) is 0 Å². The number of aliphatic hydroxyl groups is 1. The Hall–Kier alpha value is -1.35. The van der Waals surface area contributed by atoms with Gasteiger partial charge in [-0.1, -0.05) is 39.3 Å². The Bertz CT molecular complexity index is 385. The molecule has 0 aliphatic heterocycles. The van der Waals surface area contributed by atoms with E-state index in [0.29, 0.717) is 11.5 Å². The van der Waals surface area contributed by atoms with Gasteiger partial charge >= 0.3 is 5.97 Å². The number of rotatable bonds is 6. The Morgan fingerprint density at radius 1 is 1.39 bits per heavy atom. The summed E-state index contributed by atoms with van der Waals surface area (Å²) in [5.41, 5.74) is 1.23. The fourth-order valence-corrected chi connectivity index (χ4v) is 1.82. The highest BCUT2D eigenvalue weighted by atomic mass is 16.5. The second-order valence-corrected chi connectivity index (χ2v) is 4.83. The average Bonchev–Trinajstić information content (AvgIpc) is 2.38. The highest BCUT2D eigenvalue weighted by Crippen LogP contribution is 2.16. The fourth-order valence-electron chi connectivity index (χ4n) is 1.82. The lowest BCUT2D eigenvalue weighted by atomic mass is 10.0. The van der Waals surface area contributed by atoms with Gasteiger partial charge in [0.1, 0.15) is 6.10 Å². The molecule has 0 saturated carbocycles. The summed E-state index contributed by atoms with van der Waals surface area (Å²) in [6.45, 7) is 6.12. The molecule has 1 N–H and O–H groups in total. The molecule has 0 aliphatic carbocycles. The Morgan fingerprint density at radius 2 is 2.11 bits per heavy atom. The summed E-state index contributed by atoms with van der Waals surface area (Å²) in [5, 5.41) is 9.05. The van der Waals surface area contributed by atoms with Crippen molar-refractivity contribution >= 4 is 5.97 Å². The molecule has 0 saturated heterocycles. The molecular formula is C15H22O3. The van der Waals surface area contributed by atoms with Crippen LogP contribution in [0.15, 0.2) is 24.3 Å². The molecule has 18 heavy (non-hydrogen) atoms. The predicted octanol–water partition coefficient (Wildman–Crippen LogP) is 3.16. The van der Waals surface area contributed by atoms with Crippen molar-refractivity contribution in [3.63, 3.8) is 0 Å². The molecule has 1 unspecified atom stereocenters. The van der Waals surface area contributed by atoms with Gasteiger partial charge in [0.25, 0.3) is 0 Å². The number of hydrogen-bond acceptors (Lipinski definition) is 3. The molecule has 0 bridgehead atoms. The first-order chi connectivity index (χ1) is 8.58. The molecule has 100 valence electrons. The zero-order chi connectivity index (χ0) is 13.5. The Labute approximate surface area is 109 Å². The number of carbonyl (C=O) groups is 1. The zero-order valence-corrected chi connectivity index (χ0v) is 11.3. The maximum atomic E-state index is 12.0. The maximum absolute atomic E-state index is 12.0. The second kappa shape index (κ2) is 7.17. The summed E-state index contributed by atoms with van der Waals surface area (Å²) in [6.07, 6.45) is 1.83. The quantitative estimate of drug-likeness (QED) is 0.789. The third kappa shape index (κ3) is 4.15. The molecule has 0 spiro atoms. The monoisotopic (exact) mass is 250 g/mol. The Balaban J connectivity index is 2.73. The number of aliphatic hydroxyl groups excluding tert-OH is 1. The van der Waals surface area contributed by atoms with E-state index in [4.69, 9.17) is 9.84 Å². The van der Waals surface area contributed by atoms with Crippen LogP contribution in [0.1, 0.15) is 49.5 Å². The lowest BCUT2D eigenvalue weighted by molar-refractivity contribution is 0.0157. The van der Waals surface area contributed by atoms with Crippen molar-refractivity contribution in [2.24, 2.45) is 5.92 Å². The van der Waals surface area contributed by atoms with Gasteiger partial charge in [-0.2, -0.15) is 0 Å². The molecule has 0 fully saturated rings. The smallest absolute Gasteiger partial charge is 0.338 e. The molecule has 0 radical (unpaired) electrons. The van der Waals surface area contributed by atoms with Gasteiger partial charge in [0, 0.05) is 0 Å². The standard InChI is InChI=1S/C15H22O3/c1-4-6-14(11(2)3)18-15(17)13-8-5-7-12(9-13)10-16/h5,7-9,11,14,16H,4,6,10H2,1-3H3. The van der Waals surface area contributed by atoms with E-state index in [0.717, 1.165) is 18.4 Å². The van der Waals surface area contributed by atoms with Crippen LogP contribution < -0.4 is 0 Å². The van der Waals surface area contributed by atoms with Gasteiger partial charge in [-0.05, 0) is 30.0 Å². The fraction of sp³-hybridized carbons (Fsp3) is 0.533. The van der Waals surface area contributed by atoms with Gasteiger partial charge in [-0.25, -0.2) is 4.79 Å². The molecule has 0 heterocycles. The van der Waals surface area contributed by atoms with E-state index in [-0.39, 0.29) is 18.7 Å². The first kappa shape index (κ1) is 14.7. The number of esters is 1. The normalized spacial score (nSPS) is 12.5. The summed E-state index contributed by atoms with van der Waals surface area (Å²) < 4.78 is 5.52. The number of carbonyl (C=O) groups excluding carboxylic acids is 1. The molecule has 1 aromatic rings. The number of hydrogen-bond donors (Lipinski definition) is 1. The minimum Gasteiger partial charge on any atom is -0.459 e. The third-order valence-corrected chi connectivity index (χ3v) is 2.92. The van der Waals surface area contributed by atoms with Crippen molar-refractivity contribution in [2.45, 2.75) is 46.3 Å². The topological polar surface area (TPSA) is 46.5 Å². The SMILES string of the molecule is CCCC(OC(=O)c1cccc(CO)c1)C(C)C. The van der Waals surface area contributed by atoms with Crippen LogP contribution in [-0.2, 0) is 11.3 Å². The lowest BCUT2D eigenvalue weighted by Crippen LogP contribution is -2.23. The minimum absolute atomic E-state index is 0.0414. The van der Waals surface area contributed by atoms with Crippen LogP contribution >= 0.6 is 0 Å². The van der Waals surface area contributed by atoms with Crippen LogP contribution in [0.5, 0.6) is 0 Å². The van der Waals surface area contributed by atoms with Crippen molar-refractivity contribution in [2.75, 3.05) is 0 Å². The van der Waals surface area contributed by atoms with Crippen molar-refractivity contribution in [3.8, 4) is 0 Å². The Morgan fingerprint density at radius 3 is 2.67 bits per heavy atom. The highest BCUT2D eigenvalue weighted by molar-refractivity contribution is 5.89. The third-order valence-electron chi connectivity index (χ3n) is 2.92. The first-order valence-corrected chi connectivity index (χ1v) is 6.49. The Kier molecular flexibility index (Phi) is 5.86. The van der Waals surface area contributed by atoms with E-state index in [9.17, 15) is 4.79 Å². The summed E-state index contributed by atoms with van der Waals surface area (Å²) in [4.78, 5) is 12.0. The molecular weight excluding hydrogens is 228 g/mol. The van der Waals surface area contributed by atoms with Gasteiger partial charge < -0.3 is 9.84 Å². The van der Waals surface area contributed by atoms with Gasteiger partial charge in [-0.15, -0.1) is 0 Å². The highest BCUT2D eigenvalue weighted by Gasteiger charge is 2.18. The summed E-state index contributed by atoms with van der Waals surface area (Å²) in [5.74, 6) is 0.00683. The second-order valence-electron chi connectivity index (χ2n) is 4.83. The van der Waals surface area contributed by atoms with Crippen molar-refractivity contribution in [1.82, 2.24) is 0 Å². The average molecular weight is 250 g/mol. The van der Waals surface area contributed by atoms with Crippen molar-refractivity contribution in [3.05, 3.63) is 35.4 Å². The van der Waals surface area contributed by atoms with Crippen molar-refractivity contribution < 1.29 is 14.6 Å². The molecule has 1 rings (SSSR count). The van der Waals surface area contributed by atoms with Crippen LogP contribution in [0.25, 0.3) is 0 Å². The van der Waals surface area contributed by atoms with Crippen molar-refractivity contribution in [1.29, 1.82) is 0 Å². The minimum atomic E-state index is -0.308. The molecule has 1 atom stereocenters. The zero-order valence-electron chi connectivity index (χ0n) is 11.3.